The molecule has 0 radical (unpaired) electrons. The molecule has 1 aliphatic rings. The molecule has 0 saturated carbocycles. The number of rotatable bonds is 10. The molecule has 1 aromatic carbocycles. The number of likely N-dealkylation sites (tertiary alicyclic amines) is 1. The number of unbranched alkanes of at least 4 members (excludes halogenated alkanes) is 1. The Labute approximate surface area is 213 Å². The average Bonchev–Trinajstić information content (AvgIpc) is 3.40. The van der Waals surface area contributed by atoms with Crippen molar-refractivity contribution in [2.24, 2.45) is 4.99 Å². The van der Waals surface area contributed by atoms with E-state index in [2.05, 4.69) is 49.9 Å². The quantitative estimate of drug-likeness (QED) is 0.195. The van der Waals surface area contributed by atoms with Crippen LogP contribution in [0.4, 0.5) is 0 Å². The average molecular weight is 574 g/mol. The summed E-state index contributed by atoms with van der Waals surface area (Å²) in [6, 6.07) is 6.47. The first-order valence-corrected chi connectivity index (χ1v) is 11.8. The minimum atomic E-state index is 0. The summed E-state index contributed by atoms with van der Waals surface area (Å²) in [5, 5.41) is 10.4. The molecule has 0 amide bonds. The molecule has 178 valence electrons. The van der Waals surface area contributed by atoms with Gasteiger partial charge in [0.1, 0.15) is 11.5 Å². The molecule has 3 rings (SSSR count). The number of aliphatic imine (C=N–C) groups is 1. The van der Waals surface area contributed by atoms with Crippen LogP contribution in [0.15, 0.2) is 28.6 Å². The van der Waals surface area contributed by atoms with Crippen molar-refractivity contribution in [2.75, 3.05) is 40.9 Å². The third-order valence-electron chi connectivity index (χ3n) is 5.43. The maximum atomic E-state index is 5.39. The van der Waals surface area contributed by atoms with Crippen molar-refractivity contribution in [3.8, 4) is 11.5 Å². The van der Waals surface area contributed by atoms with Crippen molar-refractivity contribution in [1.82, 2.24) is 20.5 Å². The number of thiazole rings is 1. The number of nitrogens with zero attached hydrogens (tertiary/aromatic N) is 3. The Hall–Kier alpha value is -1.59. The van der Waals surface area contributed by atoms with E-state index < -0.39 is 0 Å². The Morgan fingerprint density at radius 3 is 2.59 bits per heavy atom. The van der Waals surface area contributed by atoms with Crippen molar-refractivity contribution in [3.05, 3.63) is 39.8 Å². The smallest absolute Gasteiger partial charge is 0.191 e. The van der Waals surface area contributed by atoms with Gasteiger partial charge in [-0.15, -0.1) is 35.3 Å². The fraction of sp³-hybridized carbons (Fsp3) is 0.565. The van der Waals surface area contributed by atoms with Crippen molar-refractivity contribution in [1.29, 1.82) is 0 Å². The summed E-state index contributed by atoms with van der Waals surface area (Å²) < 4.78 is 10.8. The van der Waals surface area contributed by atoms with E-state index in [-0.39, 0.29) is 24.0 Å². The Bertz CT molecular complexity index is 838. The van der Waals surface area contributed by atoms with E-state index in [1.165, 1.54) is 10.6 Å². The minimum absolute atomic E-state index is 0. The number of benzene rings is 1. The number of guanidine groups is 1. The summed E-state index contributed by atoms with van der Waals surface area (Å²) in [6.07, 6.45) is 4.40. The Morgan fingerprint density at radius 2 is 1.97 bits per heavy atom. The van der Waals surface area contributed by atoms with E-state index in [0.717, 1.165) is 75.0 Å². The van der Waals surface area contributed by atoms with E-state index in [9.17, 15) is 0 Å². The van der Waals surface area contributed by atoms with Gasteiger partial charge >= 0.3 is 0 Å². The standard InChI is InChI=1S/C23H35N5O2S.HI/c1-17-16-31-22(26-17)7-5-6-9-25-23(24-2)27-19-8-10-28(15-19)14-18-11-20(29-3)13-21(12-18)30-4;/h11-13,16,19H,5-10,14-15H2,1-4H3,(H2,24,25,27);1H. The lowest BCUT2D eigenvalue weighted by molar-refractivity contribution is 0.321. The van der Waals surface area contributed by atoms with Crippen molar-refractivity contribution >= 4 is 41.3 Å². The number of aromatic nitrogens is 1. The zero-order valence-electron chi connectivity index (χ0n) is 19.5. The fourth-order valence-corrected chi connectivity index (χ4v) is 4.64. The van der Waals surface area contributed by atoms with Gasteiger partial charge in [-0.05, 0) is 50.3 Å². The lowest BCUT2D eigenvalue weighted by atomic mass is 10.2. The van der Waals surface area contributed by atoms with Crippen molar-refractivity contribution in [2.45, 2.75) is 45.2 Å². The minimum Gasteiger partial charge on any atom is -0.497 e. The van der Waals surface area contributed by atoms with Gasteiger partial charge < -0.3 is 20.1 Å². The van der Waals surface area contributed by atoms with Crippen LogP contribution in [0.3, 0.4) is 0 Å². The number of methoxy groups -OCH3 is 2. The molecule has 0 spiro atoms. The molecule has 2 N–H and O–H groups in total. The van der Waals surface area contributed by atoms with Gasteiger partial charge in [0.25, 0.3) is 0 Å². The Kier molecular flexibility index (Phi) is 11.5. The molecule has 7 nitrogen and oxygen atoms in total. The maximum absolute atomic E-state index is 5.39. The van der Waals surface area contributed by atoms with Crippen LogP contribution in [0.25, 0.3) is 0 Å². The molecule has 1 fully saturated rings. The predicted octanol–water partition coefficient (Wildman–Crippen LogP) is 3.85. The molecule has 0 aliphatic carbocycles. The lowest BCUT2D eigenvalue weighted by Gasteiger charge is -2.19. The van der Waals surface area contributed by atoms with E-state index in [4.69, 9.17) is 9.47 Å². The zero-order chi connectivity index (χ0) is 22.1. The van der Waals surface area contributed by atoms with Crippen LogP contribution < -0.4 is 20.1 Å². The first-order chi connectivity index (χ1) is 15.1. The molecular weight excluding hydrogens is 537 g/mol. The maximum Gasteiger partial charge on any atom is 0.191 e. The molecule has 32 heavy (non-hydrogen) atoms. The second-order valence-electron chi connectivity index (χ2n) is 7.92. The Balaban J connectivity index is 0.00000363. The van der Waals surface area contributed by atoms with E-state index >= 15 is 0 Å². The summed E-state index contributed by atoms with van der Waals surface area (Å²) in [5.41, 5.74) is 2.33. The monoisotopic (exact) mass is 573 g/mol. The third kappa shape index (κ3) is 8.40. The molecule has 1 aliphatic heterocycles. The second kappa shape index (κ2) is 13.8. The number of hydrogen-bond acceptors (Lipinski definition) is 6. The molecule has 1 unspecified atom stereocenters. The summed E-state index contributed by atoms with van der Waals surface area (Å²) >= 11 is 1.76. The first kappa shape index (κ1) is 26.7. The molecule has 9 heteroatoms. The van der Waals surface area contributed by atoms with Crippen LogP contribution in [0.2, 0.25) is 0 Å². The summed E-state index contributed by atoms with van der Waals surface area (Å²) in [5.74, 6) is 2.55. The highest BCUT2D eigenvalue weighted by atomic mass is 127. The largest absolute Gasteiger partial charge is 0.497 e. The zero-order valence-corrected chi connectivity index (χ0v) is 22.7. The van der Waals surface area contributed by atoms with E-state index in [1.54, 1.807) is 25.6 Å². The normalized spacial score (nSPS) is 16.5. The molecule has 1 aromatic heterocycles. The van der Waals surface area contributed by atoms with E-state index in [1.807, 2.05) is 13.1 Å². The highest BCUT2D eigenvalue weighted by molar-refractivity contribution is 14.0. The van der Waals surface area contributed by atoms with Gasteiger partial charge in [0.05, 0.1) is 19.2 Å². The van der Waals surface area contributed by atoms with Gasteiger partial charge in [0, 0.05) is 56.4 Å². The van der Waals surface area contributed by atoms with Gasteiger partial charge in [-0.25, -0.2) is 4.98 Å². The third-order valence-corrected chi connectivity index (χ3v) is 6.46. The molecule has 0 bridgehead atoms. The van der Waals surface area contributed by atoms with Gasteiger partial charge in [0.2, 0.25) is 0 Å². The molecule has 2 heterocycles. The topological polar surface area (TPSA) is 71.0 Å². The van der Waals surface area contributed by atoms with E-state index in [0.29, 0.717) is 6.04 Å². The SMILES string of the molecule is CN=C(NCCCCc1nc(C)cs1)NC1CCN(Cc2cc(OC)cc(OC)c2)C1.I. The van der Waals surface area contributed by atoms with Gasteiger partial charge in [-0.2, -0.15) is 0 Å². The molecule has 2 aromatic rings. The predicted molar refractivity (Wildman–Crippen MR) is 143 cm³/mol. The molecule has 1 atom stereocenters. The summed E-state index contributed by atoms with van der Waals surface area (Å²) in [7, 11) is 5.21. The lowest BCUT2D eigenvalue weighted by Crippen LogP contribution is -2.44. The second-order valence-corrected chi connectivity index (χ2v) is 8.87. The van der Waals surface area contributed by atoms with Crippen molar-refractivity contribution in [3.63, 3.8) is 0 Å². The molecular formula is C23H36IN5O2S. The van der Waals surface area contributed by atoms with Crippen LogP contribution in [0.1, 0.15) is 35.5 Å². The van der Waals surface area contributed by atoms with Gasteiger partial charge in [0.15, 0.2) is 5.96 Å². The van der Waals surface area contributed by atoms with Crippen LogP contribution in [0.5, 0.6) is 11.5 Å². The van der Waals surface area contributed by atoms with Gasteiger partial charge in [-0.3, -0.25) is 9.89 Å². The number of halogens is 1. The number of ether oxygens (including phenoxy) is 2. The van der Waals surface area contributed by atoms with Crippen LogP contribution >= 0.6 is 35.3 Å². The van der Waals surface area contributed by atoms with Gasteiger partial charge in [-0.1, -0.05) is 0 Å². The summed E-state index contributed by atoms with van der Waals surface area (Å²) in [6.45, 7) is 5.90. The van der Waals surface area contributed by atoms with Crippen molar-refractivity contribution < 1.29 is 9.47 Å². The highest BCUT2D eigenvalue weighted by Crippen LogP contribution is 2.24. The van der Waals surface area contributed by atoms with Crippen LogP contribution in [-0.2, 0) is 13.0 Å². The number of hydrogen-bond donors (Lipinski definition) is 2. The number of nitrogens with one attached hydrogen (secondary N) is 2. The first-order valence-electron chi connectivity index (χ1n) is 10.9. The molecule has 1 saturated heterocycles. The fourth-order valence-electron chi connectivity index (χ4n) is 3.82. The van der Waals surface area contributed by atoms with Crippen LogP contribution in [-0.4, -0.2) is 62.8 Å². The highest BCUT2D eigenvalue weighted by Gasteiger charge is 2.23. The van der Waals surface area contributed by atoms with Crippen LogP contribution in [0, 0.1) is 6.92 Å². The summed E-state index contributed by atoms with van der Waals surface area (Å²) in [4.78, 5) is 11.4. The number of aryl methyl sites for hydroxylation is 2. The Morgan fingerprint density at radius 1 is 1.22 bits per heavy atom.